The Balaban J connectivity index is 1.94. The summed E-state index contributed by atoms with van der Waals surface area (Å²) in [5, 5.41) is 2.44. The minimum atomic E-state index is -0.667. The van der Waals surface area contributed by atoms with Crippen LogP contribution in [0.3, 0.4) is 0 Å². The molecule has 0 spiro atoms. The summed E-state index contributed by atoms with van der Waals surface area (Å²) in [5.41, 5.74) is -0.594. The summed E-state index contributed by atoms with van der Waals surface area (Å²) >= 11 is 0. The molecule has 0 bridgehead atoms. The van der Waals surface area contributed by atoms with E-state index in [1.807, 2.05) is 20.8 Å². The molecular formula is C17H22F2N2O2. The summed E-state index contributed by atoms with van der Waals surface area (Å²) in [4.78, 5) is 26.2. The van der Waals surface area contributed by atoms with Gasteiger partial charge in [-0.2, -0.15) is 0 Å². The first kappa shape index (κ1) is 17.4. The molecular weight excluding hydrogens is 302 g/mol. The number of anilines is 1. The topological polar surface area (TPSA) is 49.4 Å². The maximum atomic E-state index is 13.6. The van der Waals surface area contributed by atoms with Crippen LogP contribution in [-0.4, -0.2) is 29.8 Å². The Morgan fingerprint density at radius 1 is 1.17 bits per heavy atom. The highest BCUT2D eigenvalue weighted by molar-refractivity contribution is 5.93. The number of benzene rings is 1. The van der Waals surface area contributed by atoms with E-state index in [0.717, 1.165) is 18.2 Å². The van der Waals surface area contributed by atoms with Gasteiger partial charge < -0.3 is 10.2 Å². The van der Waals surface area contributed by atoms with Crippen LogP contribution in [0, 0.1) is 23.0 Å². The molecule has 0 aliphatic carbocycles. The minimum absolute atomic E-state index is 0.0625. The molecule has 0 unspecified atom stereocenters. The van der Waals surface area contributed by atoms with E-state index in [-0.39, 0.29) is 23.4 Å². The third-order valence-electron chi connectivity index (χ3n) is 3.98. The largest absolute Gasteiger partial charge is 0.342 e. The molecule has 126 valence electrons. The zero-order valence-corrected chi connectivity index (χ0v) is 13.7. The van der Waals surface area contributed by atoms with E-state index in [2.05, 4.69) is 5.32 Å². The number of carbonyl (C=O) groups excluding carboxylic acids is 2. The van der Waals surface area contributed by atoms with E-state index < -0.39 is 17.0 Å². The Morgan fingerprint density at radius 2 is 1.78 bits per heavy atom. The Kier molecular flexibility index (Phi) is 5.02. The molecule has 1 heterocycles. The van der Waals surface area contributed by atoms with Gasteiger partial charge in [-0.15, -0.1) is 0 Å². The van der Waals surface area contributed by atoms with Crippen LogP contribution < -0.4 is 5.32 Å². The van der Waals surface area contributed by atoms with E-state index in [4.69, 9.17) is 0 Å². The van der Waals surface area contributed by atoms with Crippen LogP contribution in [0.5, 0.6) is 0 Å². The van der Waals surface area contributed by atoms with Gasteiger partial charge >= 0.3 is 0 Å². The summed E-state index contributed by atoms with van der Waals surface area (Å²) in [6.45, 7) is 6.59. The van der Waals surface area contributed by atoms with Gasteiger partial charge in [0.25, 0.3) is 0 Å². The van der Waals surface area contributed by atoms with E-state index in [1.54, 1.807) is 4.90 Å². The monoisotopic (exact) mass is 324 g/mol. The summed E-state index contributed by atoms with van der Waals surface area (Å²) in [7, 11) is 0. The second-order valence-electron chi connectivity index (χ2n) is 6.93. The number of rotatable bonds is 2. The average molecular weight is 324 g/mol. The van der Waals surface area contributed by atoms with Gasteiger partial charge in [0.2, 0.25) is 11.8 Å². The third-order valence-corrected chi connectivity index (χ3v) is 3.98. The Bertz CT molecular complexity index is 603. The fraction of sp³-hybridized carbons (Fsp3) is 0.529. The summed E-state index contributed by atoms with van der Waals surface area (Å²) in [5.74, 6) is -1.85. The number of halogens is 2. The van der Waals surface area contributed by atoms with Gasteiger partial charge in [0.05, 0.1) is 5.69 Å². The lowest BCUT2D eigenvalue weighted by atomic mass is 9.90. The quantitative estimate of drug-likeness (QED) is 0.908. The Hall–Kier alpha value is -1.98. The van der Waals surface area contributed by atoms with E-state index in [0.29, 0.717) is 25.9 Å². The molecule has 1 fully saturated rings. The van der Waals surface area contributed by atoms with Gasteiger partial charge in [-0.05, 0) is 25.0 Å². The van der Waals surface area contributed by atoms with Crippen molar-refractivity contribution in [2.24, 2.45) is 11.3 Å². The molecule has 4 nitrogen and oxygen atoms in total. The molecule has 2 amide bonds. The number of nitrogens with zero attached hydrogens (tertiary/aromatic N) is 1. The second-order valence-corrected chi connectivity index (χ2v) is 6.93. The SMILES string of the molecule is CC(C)(C)C(=O)N1CCC(C(=O)Nc2cc(F)ccc2F)CC1. The zero-order chi connectivity index (χ0) is 17.2. The van der Waals surface area contributed by atoms with Crippen molar-refractivity contribution >= 4 is 17.5 Å². The van der Waals surface area contributed by atoms with Crippen LogP contribution >= 0.6 is 0 Å². The lowest BCUT2D eigenvalue weighted by Gasteiger charge is -2.35. The van der Waals surface area contributed by atoms with Gasteiger partial charge in [-0.1, -0.05) is 20.8 Å². The number of nitrogens with one attached hydrogen (secondary N) is 1. The molecule has 6 heteroatoms. The third kappa shape index (κ3) is 4.27. The normalized spacial score (nSPS) is 16.3. The van der Waals surface area contributed by atoms with Crippen molar-refractivity contribution in [2.75, 3.05) is 18.4 Å². The first-order chi connectivity index (χ1) is 10.7. The summed E-state index contributed by atoms with van der Waals surface area (Å²) in [6.07, 6.45) is 1.04. The lowest BCUT2D eigenvalue weighted by Crippen LogP contribution is -2.45. The molecule has 2 rings (SSSR count). The maximum Gasteiger partial charge on any atom is 0.227 e. The van der Waals surface area contributed by atoms with Crippen LogP contribution in [0.25, 0.3) is 0 Å². The van der Waals surface area contributed by atoms with Gasteiger partial charge in [0.1, 0.15) is 11.6 Å². The molecule has 1 aliphatic rings. The molecule has 1 N–H and O–H groups in total. The van der Waals surface area contributed by atoms with Crippen LogP contribution in [0.1, 0.15) is 33.6 Å². The van der Waals surface area contributed by atoms with E-state index in [1.165, 1.54) is 0 Å². The van der Waals surface area contributed by atoms with Gasteiger partial charge in [0.15, 0.2) is 0 Å². The first-order valence-electron chi connectivity index (χ1n) is 7.74. The van der Waals surface area contributed by atoms with Crippen molar-refractivity contribution in [1.82, 2.24) is 4.90 Å². The highest BCUT2D eigenvalue weighted by atomic mass is 19.1. The van der Waals surface area contributed by atoms with Crippen molar-refractivity contribution in [3.05, 3.63) is 29.8 Å². The molecule has 0 aromatic heterocycles. The number of hydrogen-bond donors (Lipinski definition) is 1. The maximum absolute atomic E-state index is 13.6. The molecule has 0 radical (unpaired) electrons. The standard InChI is InChI=1S/C17H22F2N2O2/c1-17(2,3)16(23)21-8-6-11(7-9-21)15(22)20-14-10-12(18)4-5-13(14)19/h4-5,10-11H,6-9H2,1-3H3,(H,20,22). The van der Waals surface area contributed by atoms with Crippen molar-refractivity contribution in [3.63, 3.8) is 0 Å². The minimum Gasteiger partial charge on any atom is -0.342 e. The molecule has 0 atom stereocenters. The number of piperidine rings is 1. The molecule has 1 saturated heterocycles. The molecule has 1 aromatic rings. The van der Waals surface area contributed by atoms with Crippen molar-refractivity contribution < 1.29 is 18.4 Å². The van der Waals surface area contributed by atoms with Gasteiger partial charge in [-0.25, -0.2) is 8.78 Å². The van der Waals surface area contributed by atoms with Crippen LogP contribution in [0.15, 0.2) is 18.2 Å². The fourth-order valence-corrected chi connectivity index (χ4v) is 2.65. The number of carbonyl (C=O) groups is 2. The van der Waals surface area contributed by atoms with Gasteiger partial charge in [-0.3, -0.25) is 9.59 Å². The predicted octanol–water partition coefficient (Wildman–Crippen LogP) is 3.19. The highest BCUT2D eigenvalue weighted by Crippen LogP contribution is 2.25. The number of likely N-dealkylation sites (tertiary alicyclic amines) is 1. The highest BCUT2D eigenvalue weighted by Gasteiger charge is 2.32. The van der Waals surface area contributed by atoms with Crippen LogP contribution in [0.4, 0.5) is 14.5 Å². The number of amides is 2. The van der Waals surface area contributed by atoms with Crippen LogP contribution in [-0.2, 0) is 9.59 Å². The zero-order valence-electron chi connectivity index (χ0n) is 13.7. The molecule has 1 aliphatic heterocycles. The Labute approximate surface area is 134 Å². The molecule has 1 aromatic carbocycles. The van der Waals surface area contributed by atoms with Crippen molar-refractivity contribution in [3.8, 4) is 0 Å². The van der Waals surface area contributed by atoms with Crippen molar-refractivity contribution in [1.29, 1.82) is 0 Å². The van der Waals surface area contributed by atoms with Crippen LogP contribution in [0.2, 0.25) is 0 Å². The summed E-state index contributed by atoms with van der Waals surface area (Å²) < 4.78 is 26.7. The van der Waals surface area contributed by atoms with Crippen molar-refractivity contribution in [2.45, 2.75) is 33.6 Å². The van der Waals surface area contributed by atoms with E-state index in [9.17, 15) is 18.4 Å². The first-order valence-corrected chi connectivity index (χ1v) is 7.74. The van der Waals surface area contributed by atoms with Gasteiger partial charge in [0, 0.05) is 30.5 Å². The average Bonchev–Trinajstić information content (AvgIpc) is 2.49. The number of hydrogen-bond acceptors (Lipinski definition) is 2. The second kappa shape index (κ2) is 6.64. The van der Waals surface area contributed by atoms with E-state index >= 15 is 0 Å². The predicted molar refractivity (Wildman–Crippen MR) is 83.7 cm³/mol. The smallest absolute Gasteiger partial charge is 0.227 e. The fourth-order valence-electron chi connectivity index (χ4n) is 2.65. The molecule has 23 heavy (non-hydrogen) atoms. The Morgan fingerprint density at radius 3 is 2.35 bits per heavy atom. The molecule has 0 saturated carbocycles. The summed E-state index contributed by atoms with van der Waals surface area (Å²) in [6, 6.07) is 2.95. The lowest BCUT2D eigenvalue weighted by molar-refractivity contribution is -0.142.